The molecule has 0 radical (unpaired) electrons. The number of fused-ring (bicyclic) bond motifs is 3. The Kier molecular flexibility index (Phi) is 4.05. The average Bonchev–Trinajstić information content (AvgIpc) is 3.51. The van der Waals surface area contributed by atoms with Crippen LogP contribution in [0.4, 0.5) is 5.82 Å². The molecule has 2 atom stereocenters. The van der Waals surface area contributed by atoms with E-state index in [1.165, 1.54) is 0 Å². The molecule has 2 aliphatic heterocycles. The van der Waals surface area contributed by atoms with Gasteiger partial charge in [0.05, 0.1) is 0 Å². The van der Waals surface area contributed by atoms with E-state index in [9.17, 15) is 5.11 Å². The fourth-order valence-electron chi connectivity index (χ4n) is 5.78. The van der Waals surface area contributed by atoms with E-state index in [4.69, 9.17) is 10.1 Å². The van der Waals surface area contributed by atoms with E-state index >= 15 is 0 Å². The summed E-state index contributed by atoms with van der Waals surface area (Å²) in [5.74, 6) is 2.67. The number of hydrogen-bond acceptors (Lipinski definition) is 6. The molecule has 166 valence electrons. The summed E-state index contributed by atoms with van der Waals surface area (Å²) in [6, 6.07) is 2.45. The normalized spacial score (nSPS) is 25.2. The van der Waals surface area contributed by atoms with E-state index in [2.05, 4.69) is 28.7 Å². The van der Waals surface area contributed by atoms with E-state index in [1.807, 2.05) is 46.2 Å². The molecule has 4 aromatic rings. The summed E-state index contributed by atoms with van der Waals surface area (Å²) in [6.45, 7) is 4.18. The SMILES string of the molecule is Cc1nc2cc(-c3nccn3C)nn2c(N2C3CCC2CC(O)(c2nccn2C)C3)c1C. The number of aromatic nitrogens is 7. The van der Waals surface area contributed by atoms with Crippen molar-refractivity contribution >= 4 is 11.5 Å². The topological polar surface area (TPSA) is 89.3 Å². The maximum absolute atomic E-state index is 11.6. The van der Waals surface area contributed by atoms with Crippen LogP contribution in [0.2, 0.25) is 0 Å². The Morgan fingerprint density at radius 3 is 2.31 bits per heavy atom. The van der Waals surface area contributed by atoms with Gasteiger partial charge in [0.25, 0.3) is 0 Å². The molecule has 0 aliphatic carbocycles. The van der Waals surface area contributed by atoms with Crippen LogP contribution in [-0.4, -0.2) is 50.9 Å². The van der Waals surface area contributed by atoms with E-state index in [1.54, 1.807) is 12.4 Å². The monoisotopic (exact) mass is 432 g/mol. The highest BCUT2D eigenvalue weighted by atomic mass is 16.3. The molecule has 6 heterocycles. The summed E-state index contributed by atoms with van der Waals surface area (Å²) in [4.78, 5) is 16.3. The molecule has 2 unspecified atom stereocenters. The second-order valence-corrected chi connectivity index (χ2v) is 9.40. The van der Waals surface area contributed by atoms with Crippen LogP contribution in [0.3, 0.4) is 0 Å². The number of piperidine rings is 1. The third-order valence-corrected chi connectivity index (χ3v) is 7.35. The second kappa shape index (κ2) is 6.65. The predicted octanol–water partition coefficient (Wildman–Crippen LogP) is 2.50. The molecule has 1 N–H and O–H groups in total. The molecule has 2 bridgehead atoms. The van der Waals surface area contributed by atoms with Crippen molar-refractivity contribution < 1.29 is 5.11 Å². The summed E-state index contributed by atoms with van der Waals surface area (Å²) in [6.07, 6.45) is 10.8. The van der Waals surface area contributed by atoms with Gasteiger partial charge in [0.2, 0.25) is 0 Å². The number of hydrogen-bond donors (Lipinski definition) is 1. The maximum Gasteiger partial charge on any atom is 0.160 e. The lowest BCUT2D eigenvalue weighted by Gasteiger charge is -2.44. The highest BCUT2D eigenvalue weighted by Crippen LogP contribution is 2.47. The minimum Gasteiger partial charge on any atom is -0.382 e. The molecule has 4 aromatic heterocycles. The van der Waals surface area contributed by atoms with Crippen molar-refractivity contribution in [2.24, 2.45) is 14.1 Å². The molecular weight excluding hydrogens is 404 g/mol. The standard InChI is InChI=1S/C23H28N8O/c1-14-15(2)26-19-11-18(20-24-7-9-28(20)3)27-31(19)21(14)30-16-5-6-17(30)13-23(32,12-16)22-25-8-10-29(22)4/h7-11,16-17,32H,5-6,12-13H2,1-4H3. The Bertz CT molecular complexity index is 1320. The van der Waals surface area contributed by atoms with Crippen LogP contribution in [0.15, 0.2) is 30.9 Å². The van der Waals surface area contributed by atoms with Crippen molar-refractivity contribution in [2.75, 3.05) is 4.90 Å². The van der Waals surface area contributed by atoms with Crippen LogP contribution in [0.5, 0.6) is 0 Å². The summed E-state index contributed by atoms with van der Waals surface area (Å²) < 4.78 is 5.89. The quantitative estimate of drug-likeness (QED) is 0.535. The van der Waals surface area contributed by atoms with Crippen molar-refractivity contribution in [3.63, 3.8) is 0 Å². The number of nitrogens with zero attached hydrogens (tertiary/aromatic N) is 8. The van der Waals surface area contributed by atoms with Gasteiger partial charge in [0, 0.05) is 81.1 Å². The lowest BCUT2D eigenvalue weighted by atomic mass is 9.85. The predicted molar refractivity (Wildman–Crippen MR) is 120 cm³/mol. The second-order valence-electron chi connectivity index (χ2n) is 9.40. The van der Waals surface area contributed by atoms with Gasteiger partial charge in [0.1, 0.15) is 22.9 Å². The number of anilines is 1. The van der Waals surface area contributed by atoms with Gasteiger partial charge in [-0.1, -0.05) is 0 Å². The summed E-state index contributed by atoms with van der Waals surface area (Å²) in [5.41, 5.74) is 2.86. The first-order valence-electron chi connectivity index (χ1n) is 11.2. The zero-order valence-corrected chi connectivity index (χ0v) is 18.9. The minimum absolute atomic E-state index is 0.222. The van der Waals surface area contributed by atoms with Crippen LogP contribution in [0.25, 0.3) is 17.2 Å². The van der Waals surface area contributed by atoms with Crippen molar-refractivity contribution in [3.05, 3.63) is 47.9 Å². The first kappa shape index (κ1) is 19.5. The fourth-order valence-corrected chi connectivity index (χ4v) is 5.78. The van der Waals surface area contributed by atoms with Crippen LogP contribution >= 0.6 is 0 Å². The highest BCUT2D eigenvalue weighted by Gasteiger charge is 2.51. The van der Waals surface area contributed by atoms with Crippen LogP contribution in [-0.2, 0) is 19.7 Å². The molecule has 0 spiro atoms. The van der Waals surface area contributed by atoms with Crippen molar-refractivity contribution in [1.29, 1.82) is 0 Å². The average molecular weight is 433 g/mol. The van der Waals surface area contributed by atoms with Gasteiger partial charge in [-0.3, -0.25) is 0 Å². The molecule has 6 rings (SSSR count). The zero-order chi connectivity index (χ0) is 22.2. The third kappa shape index (κ3) is 2.67. The van der Waals surface area contributed by atoms with Gasteiger partial charge in [-0.25, -0.2) is 15.0 Å². The summed E-state index contributed by atoms with van der Waals surface area (Å²) in [5, 5.41) is 16.5. The number of aliphatic hydroxyl groups is 1. The molecule has 2 aliphatic rings. The van der Waals surface area contributed by atoms with Gasteiger partial charge in [0.15, 0.2) is 11.5 Å². The molecule has 0 saturated carbocycles. The molecule has 2 saturated heterocycles. The molecule has 32 heavy (non-hydrogen) atoms. The molecule has 0 aromatic carbocycles. The van der Waals surface area contributed by atoms with Gasteiger partial charge in [-0.15, -0.1) is 0 Å². The van der Waals surface area contributed by atoms with Gasteiger partial charge in [-0.2, -0.15) is 9.61 Å². The van der Waals surface area contributed by atoms with Crippen LogP contribution in [0, 0.1) is 13.8 Å². The Balaban J connectivity index is 1.46. The molecular formula is C23H28N8O. The van der Waals surface area contributed by atoms with Crippen molar-refractivity contribution in [2.45, 2.75) is 57.2 Å². The number of imidazole rings is 2. The first-order valence-corrected chi connectivity index (χ1v) is 11.2. The lowest BCUT2D eigenvalue weighted by Crippen LogP contribution is -2.51. The van der Waals surface area contributed by atoms with E-state index in [-0.39, 0.29) is 12.1 Å². The highest BCUT2D eigenvalue weighted by molar-refractivity contribution is 5.64. The summed E-state index contributed by atoms with van der Waals surface area (Å²) in [7, 11) is 3.93. The zero-order valence-electron chi connectivity index (χ0n) is 18.9. The van der Waals surface area contributed by atoms with Gasteiger partial charge < -0.3 is 19.1 Å². The van der Waals surface area contributed by atoms with E-state index in [0.717, 1.165) is 52.9 Å². The Morgan fingerprint density at radius 1 is 1.00 bits per heavy atom. The van der Waals surface area contributed by atoms with E-state index in [0.29, 0.717) is 12.8 Å². The van der Waals surface area contributed by atoms with Crippen molar-refractivity contribution in [1.82, 2.24) is 33.7 Å². The number of aryl methyl sites for hydroxylation is 3. The van der Waals surface area contributed by atoms with Gasteiger partial charge in [-0.05, 0) is 26.7 Å². The number of rotatable bonds is 3. The Labute approximate surface area is 186 Å². The molecule has 9 nitrogen and oxygen atoms in total. The Morgan fingerprint density at radius 2 is 1.69 bits per heavy atom. The van der Waals surface area contributed by atoms with Crippen molar-refractivity contribution in [3.8, 4) is 11.5 Å². The Hall–Kier alpha value is -3.20. The largest absolute Gasteiger partial charge is 0.382 e. The first-order chi connectivity index (χ1) is 15.4. The summed E-state index contributed by atoms with van der Waals surface area (Å²) >= 11 is 0. The van der Waals surface area contributed by atoms with Gasteiger partial charge >= 0.3 is 0 Å². The minimum atomic E-state index is -0.905. The lowest BCUT2D eigenvalue weighted by molar-refractivity contribution is -0.0137. The smallest absolute Gasteiger partial charge is 0.160 e. The third-order valence-electron chi connectivity index (χ3n) is 7.35. The van der Waals surface area contributed by atoms with E-state index < -0.39 is 5.60 Å². The molecule has 2 fully saturated rings. The fraction of sp³-hybridized carbons (Fsp3) is 0.478. The molecule has 9 heteroatoms. The van der Waals surface area contributed by atoms with Crippen LogP contribution in [0.1, 0.15) is 42.8 Å². The van der Waals surface area contributed by atoms with Crippen LogP contribution < -0.4 is 4.90 Å². The maximum atomic E-state index is 11.6. The molecule has 0 amide bonds.